The minimum Gasteiger partial charge on any atom is -0.0851 e. The molecule has 2 aliphatic rings. The smallest absolute Gasteiger partial charge is 0.0479 e. The van der Waals surface area contributed by atoms with Crippen LogP contribution in [-0.4, -0.2) is 8.07 Å². The lowest BCUT2D eigenvalue weighted by molar-refractivity contribution is 0.675. The Morgan fingerprint density at radius 3 is 2.09 bits per heavy atom. The summed E-state index contributed by atoms with van der Waals surface area (Å²) >= 11 is 0. The van der Waals surface area contributed by atoms with Crippen molar-refractivity contribution in [1.82, 2.24) is 0 Å². The van der Waals surface area contributed by atoms with E-state index >= 15 is 0 Å². The van der Waals surface area contributed by atoms with Crippen molar-refractivity contribution in [3.8, 4) is 0 Å². The summed E-state index contributed by atoms with van der Waals surface area (Å²) in [5, 5.41) is 0. The fourth-order valence-corrected chi connectivity index (χ4v) is 5.32. The molecule has 0 aromatic heterocycles. The molecule has 0 unspecified atom stereocenters. The van der Waals surface area contributed by atoms with E-state index in [-0.39, 0.29) is 0 Å². The third-order valence-electron chi connectivity index (χ3n) is 3.39. The summed E-state index contributed by atoms with van der Waals surface area (Å²) in [6, 6.07) is 0. The maximum Gasteiger partial charge on any atom is 0.0479 e. The molecule has 0 N–H and O–H groups in total. The standard InChI is InChI=1S/C10H18Si/c1-11(2,3)10-7-8-4-5-9(10)6-8/h4-5,8-10H,6-7H2,1-3H3/t8-,9+,10+/m1/s1. The first-order chi connectivity index (χ1) is 5.07. The van der Waals surface area contributed by atoms with E-state index in [1.54, 1.807) is 0 Å². The van der Waals surface area contributed by atoms with Gasteiger partial charge in [-0.25, -0.2) is 0 Å². The van der Waals surface area contributed by atoms with Crippen LogP contribution in [0.4, 0.5) is 0 Å². The summed E-state index contributed by atoms with van der Waals surface area (Å²) in [6.07, 6.45) is 7.92. The molecule has 0 radical (unpaired) electrons. The number of hydrogen-bond donors (Lipinski definition) is 0. The van der Waals surface area contributed by atoms with Gasteiger partial charge in [0.1, 0.15) is 0 Å². The van der Waals surface area contributed by atoms with Crippen molar-refractivity contribution < 1.29 is 0 Å². The summed E-state index contributed by atoms with van der Waals surface area (Å²) in [6.45, 7) is 7.56. The molecule has 0 saturated heterocycles. The molecule has 2 rings (SSSR count). The van der Waals surface area contributed by atoms with Gasteiger partial charge in [-0.3, -0.25) is 0 Å². The maximum absolute atomic E-state index is 2.52. The van der Waals surface area contributed by atoms with Gasteiger partial charge in [-0.05, 0) is 30.2 Å². The number of rotatable bonds is 1. The summed E-state index contributed by atoms with van der Waals surface area (Å²) < 4.78 is 0. The molecule has 0 heterocycles. The van der Waals surface area contributed by atoms with Crippen LogP contribution in [0.2, 0.25) is 25.2 Å². The van der Waals surface area contributed by atoms with E-state index in [1.165, 1.54) is 12.8 Å². The lowest BCUT2D eigenvalue weighted by Crippen LogP contribution is -2.30. The Kier molecular flexibility index (Phi) is 1.54. The Morgan fingerprint density at radius 2 is 1.82 bits per heavy atom. The predicted octanol–water partition coefficient (Wildman–Crippen LogP) is 3.29. The molecule has 0 aromatic carbocycles. The van der Waals surface area contributed by atoms with Gasteiger partial charge >= 0.3 is 0 Å². The van der Waals surface area contributed by atoms with Crippen LogP contribution in [-0.2, 0) is 0 Å². The van der Waals surface area contributed by atoms with E-state index in [2.05, 4.69) is 31.8 Å². The van der Waals surface area contributed by atoms with Gasteiger partial charge in [-0.15, -0.1) is 0 Å². The van der Waals surface area contributed by atoms with Crippen molar-refractivity contribution in [2.45, 2.75) is 38.0 Å². The van der Waals surface area contributed by atoms with E-state index in [0.717, 1.165) is 17.4 Å². The summed E-state index contributed by atoms with van der Waals surface area (Å²) in [4.78, 5) is 0. The molecular weight excluding hydrogens is 148 g/mol. The van der Waals surface area contributed by atoms with E-state index < -0.39 is 8.07 Å². The van der Waals surface area contributed by atoms with Crippen LogP contribution in [0.1, 0.15) is 12.8 Å². The lowest BCUT2D eigenvalue weighted by Gasteiger charge is -2.30. The highest BCUT2D eigenvalue weighted by molar-refractivity contribution is 6.77. The molecule has 2 aliphatic carbocycles. The van der Waals surface area contributed by atoms with E-state index in [1.807, 2.05) is 0 Å². The first-order valence-corrected chi connectivity index (χ1v) is 8.33. The van der Waals surface area contributed by atoms with Gasteiger partial charge in [0, 0.05) is 8.07 Å². The third-order valence-corrected chi connectivity index (χ3v) is 6.28. The van der Waals surface area contributed by atoms with Crippen LogP contribution in [0.3, 0.4) is 0 Å². The van der Waals surface area contributed by atoms with Gasteiger partial charge in [0.05, 0.1) is 0 Å². The van der Waals surface area contributed by atoms with E-state index in [0.29, 0.717) is 0 Å². The van der Waals surface area contributed by atoms with Crippen molar-refractivity contribution in [2.24, 2.45) is 11.8 Å². The van der Waals surface area contributed by atoms with Crippen LogP contribution in [0, 0.1) is 11.8 Å². The van der Waals surface area contributed by atoms with Crippen LogP contribution in [0.5, 0.6) is 0 Å². The topological polar surface area (TPSA) is 0 Å². The van der Waals surface area contributed by atoms with Crippen molar-refractivity contribution >= 4 is 8.07 Å². The third kappa shape index (κ3) is 1.20. The van der Waals surface area contributed by atoms with Crippen molar-refractivity contribution in [1.29, 1.82) is 0 Å². The highest BCUT2D eigenvalue weighted by atomic mass is 28.3. The van der Waals surface area contributed by atoms with Crippen molar-refractivity contribution in [3.05, 3.63) is 12.2 Å². The lowest BCUT2D eigenvalue weighted by atomic mass is 10.1. The largest absolute Gasteiger partial charge is 0.0851 e. The molecule has 3 atom stereocenters. The van der Waals surface area contributed by atoms with E-state index in [4.69, 9.17) is 0 Å². The molecular formula is C10H18Si. The quantitative estimate of drug-likeness (QED) is 0.414. The minimum atomic E-state index is -0.829. The second-order valence-electron chi connectivity index (χ2n) is 5.25. The molecule has 0 spiro atoms. The minimum absolute atomic E-state index is 0.829. The van der Waals surface area contributed by atoms with Gasteiger partial charge in [-0.1, -0.05) is 31.8 Å². The molecule has 1 fully saturated rings. The Hall–Kier alpha value is -0.0431. The molecule has 0 aromatic rings. The van der Waals surface area contributed by atoms with Crippen LogP contribution >= 0.6 is 0 Å². The average molecular weight is 166 g/mol. The molecule has 0 nitrogen and oxygen atoms in total. The fraction of sp³-hybridized carbons (Fsp3) is 0.800. The Labute approximate surface area is 70.7 Å². The first-order valence-electron chi connectivity index (χ1n) is 4.76. The number of hydrogen-bond acceptors (Lipinski definition) is 0. The zero-order chi connectivity index (χ0) is 8.06. The average Bonchev–Trinajstić information content (AvgIpc) is 2.42. The molecule has 1 heteroatoms. The van der Waals surface area contributed by atoms with Gasteiger partial charge in [0.25, 0.3) is 0 Å². The molecule has 2 bridgehead atoms. The maximum atomic E-state index is 2.52. The Balaban J connectivity index is 2.15. The SMILES string of the molecule is C[Si](C)(C)[C@H]1C[C@@H]2C=C[C@H]1C2. The molecule has 11 heavy (non-hydrogen) atoms. The first kappa shape index (κ1) is 7.60. The van der Waals surface area contributed by atoms with Crippen molar-refractivity contribution in [3.63, 3.8) is 0 Å². The van der Waals surface area contributed by atoms with Gasteiger partial charge in [0.15, 0.2) is 0 Å². The van der Waals surface area contributed by atoms with Gasteiger partial charge in [-0.2, -0.15) is 0 Å². The second-order valence-corrected chi connectivity index (χ2v) is 10.7. The Morgan fingerprint density at radius 1 is 1.09 bits per heavy atom. The predicted molar refractivity (Wildman–Crippen MR) is 52.5 cm³/mol. The zero-order valence-electron chi connectivity index (χ0n) is 7.80. The Bertz CT molecular complexity index is 188. The second kappa shape index (κ2) is 2.22. The summed E-state index contributed by atoms with van der Waals surface area (Å²) in [5.41, 5.74) is 1.09. The molecule has 62 valence electrons. The number of allylic oxidation sites excluding steroid dienone is 2. The fourth-order valence-electron chi connectivity index (χ4n) is 2.78. The van der Waals surface area contributed by atoms with Crippen molar-refractivity contribution in [2.75, 3.05) is 0 Å². The van der Waals surface area contributed by atoms with E-state index in [9.17, 15) is 0 Å². The monoisotopic (exact) mass is 166 g/mol. The normalized spacial score (nSPS) is 41.9. The highest BCUT2D eigenvalue weighted by Crippen LogP contribution is 2.51. The zero-order valence-corrected chi connectivity index (χ0v) is 8.80. The highest BCUT2D eigenvalue weighted by Gasteiger charge is 2.42. The van der Waals surface area contributed by atoms with Crippen LogP contribution in [0.15, 0.2) is 12.2 Å². The number of fused-ring (bicyclic) bond motifs is 2. The summed E-state index contributed by atoms with van der Waals surface area (Å²) in [7, 11) is -0.829. The van der Waals surface area contributed by atoms with Gasteiger partial charge in [0.2, 0.25) is 0 Å². The van der Waals surface area contributed by atoms with Crippen LogP contribution in [0.25, 0.3) is 0 Å². The van der Waals surface area contributed by atoms with Crippen LogP contribution < -0.4 is 0 Å². The molecule has 1 saturated carbocycles. The molecule has 0 aliphatic heterocycles. The van der Waals surface area contributed by atoms with Gasteiger partial charge < -0.3 is 0 Å². The summed E-state index contributed by atoms with van der Waals surface area (Å²) in [5.74, 6) is 1.95. The molecule has 0 amide bonds.